The van der Waals surface area contributed by atoms with Gasteiger partial charge in [0.2, 0.25) is 17.5 Å². The van der Waals surface area contributed by atoms with Gasteiger partial charge in [0.1, 0.15) is 5.60 Å². The fourth-order valence-electron chi connectivity index (χ4n) is 5.02. The Kier molecular flexibility index (Phi) is 18.2. The number of rotatable bonds is 22. The number of hydrogen-bond acceptors (Lipinski definition) is 5. The zero-order valence-electron chi connectivity index (χ0n) is 28.6. The molecule has 0 aliphatic carbocycles. The molecule has 0 heterocycles. The van der Waals surface area contributed by atoms with Crippen LogP contribution in [0.15, 0.2) is 60.7 Å². The van der Waals surface area contributed by atoms with E-state index in [0.29, 0.717) is 12.1 Å². The standard InChI is InChI=1S/C40H55NO5/c1-5-6-7-8-9-10-11-12-13-14-15-16-17-18-31-41-36(42)29-23-32-19-25-34(26-20-32)38(44)39(45)35-27-21-33(22-28-35)24-30-37(43)46-40(2,3)4/h19-30H,5-18,31H2,1-4H3,(H,41,42)/b29-23+,30-24+. The smallest absolute Gasteiger partial charge is 0.331 e. The molecule has 0 aliphatic heterocycles. The number of benzene rings is 2. The Bertz CT molecular complexity index is 1270. The molecule has 0 fully saturated rings. The number of amides is 1. The van der Waals surface area contributed by atoms with Crippen LogP contribution in [0, 0.1) is 0 Å². The lowest BCUT2D eigenvalue weighted by Gasteiger charge is -2.17. The molecule has 0 aliphatic rings. The normalized spacial score (nSPS) is 11.7. The van der Waals surface area contributed by atoms with Gasteiger partial charge in [0.05, 0.1) is 0 Å². The molecule has 0 saturated heterocycles. The van der Waals surface area contributed by atoms with Crippen molar-refractivity contribution in [2.45, 2.75) is 123 Å². The maximum atomic E-state index is 12.8. The average Bonchev–Trinajstić information content (AvgIpc) is 3.03. The highest BCUT2D eigenvalue weighted by Crippen LogP contribution is 2.15. The zero-order chi connectivity index (χ0) is 33.6. The number of Topliss-reactive ketones (excluding diaryl/α,β-unsaturated/α-hetero) is 2. The lowest BCUT2D eigenvalue weighted by molar-refractivity contribution is -0.148. The Hall–Kier alpha value is -3.80. The zero-order valence-corrected chi connectivity index (χ0v) is 28.6. The monoisotopic (exact) mass is 629 g/mol. The van der Waals surface area contributed by atoms with Crippen LogP contribution in [0.4, 0.5) is 0 Å². The van der Waals surface area contributed by atoms with Gasteiger partial charge < -0.3 is 10.1 Å². The van der Waals surface area contributed by atoms with Crippen LogP contribution in [0.1, 0.15) is 149 Å². The van der Waals surface area contributed by atoms with Crippen molar-refractivity contribution in [3.05, 3.63) is 82.9 Å². The highest BCUT2D eigenvalue weighted by atomic mass is 16.6. The highest BCUT2D eigenvalue weighted by molar-refractivity contribution is 6.49. The van der Waals surface area contributed by atoms with Gasteiger partial charge in [-0.15, -0.1) is 0 Å². The van der Waals surface area contributed by atoms with Crippen LogP contribution in [0.2, 0.25) is 0 Å². The first kappa shape index (κ1) is 38.4. The van der Waals surface area contributed by atoms with E-state index in [-0.39, 0.29) is 17.0 Å². The van der Waals surface area contributed by atoms with Crippen LogP contribution >= 0.6 is 0 Å². The minimum Gasteiger partial charge on any atom is -0.457 e. The van der Waals surface area contributed by atoms with Gasteiger partial charge in [0.25, 0.3) is 0 Å². The Morgan fingerprint density at radius 1 is 0.587 bits per heavy atom. The van der Waals surface area contributed by atoms with Gasteiger partial charge in [-0.05, 0) is 50.5 Å². The van der Waals surface area contributed by atoms with E-state index in [4.69, 9.17) is 4.74 Å². The number of carbonyl (C=O) groups is 4. The van der Waals surface area contributed by atoms with Crippen molar-refractivity contribution in [1.29, 1.82) is 0 Å². The van der Waals surface area contributed by atoms with Gasteiger partial charge in [-0.3, -0.25) is 14.4 Å². The van der Waals surface area contributed by atoms with Gasteiger partial charge in [-0.25, -0.2) is 4.79 Å². The van der Waals surface area contributed by atoms with Crippen molar-refractivity contribution in [2.75, 3.05) is 6.54 Å². The third-order valence-electron chi connectivity index (χ3n) is 7.63. The molecule has 1 N–H and O–H groups in total. The number of carbonyl (C=O) groups excluding carboxylic acids is 4. The molecule has 0 radical (unpaired) electrons. The van der Waals surface area contributed by atoms with Crippen LogP contribution in [-0.2, 0) is 14.3 Å². The molecule has 1 amide bonds. The van der Waals surface area contributed by atoms with Crippen LogP contribution in [0.25, 0.3) is 12.2 Å². The van der Waals surface area contributed by atoms with Crippen LogP contribution in [-0.4, -0.2) is 35.6 Å². The van der Waals surface area contributed by atoms with E-state index in [1.807, 2.05) is 0 Å². The van der Waals surface area contributed by atoms with Gasteiger partial charge in [-0.1, -0.05) is 139 Å². The van der Waals surface area contributed by atoms with Crippen molar-refractivity contribution in [1.82, 2.24) is 5.32 Å². The van der Waals surface area contributed by atoms with E-state index < -0.39 is 23.1 Å². The minimum atomic E-state index is -0.617. The van der Waals surface area contributed by atoms with Crippen molar-refractivity contribution in [3.8, 4) is 0 Å². The Morgan fingerprint density at radius 2 is 0.978 bits per heavy atom. The molecule has 2 rings (SSSR count). The maximum Gasteiger partial charge on any atom is 0.331 e. The lowest BCUT2D eigenvalue weighted by atomic mass is 9.99. The summed E-state index contributed by atoms with van der Waals surface area (Å²) >= 11 is 0. The Balaban J connectivity index is 1.63. The summed E-state index contributed by atoms with van der Waals surface area (Å²) in [6.07, 6.45) is 24.4. The summed E-state index contributed by atoms with van der Waals surface area (Å²) in [7, 11) is 0. The van der Waals surface area contributed by atoms with Gasteiger partial charge in [-0.2, -0.15) is 0 Å². The number of nitrogens with one attached hydrogen (secondary N) is 1. The van der Waals surface area contributed by atoms with Crippen molar-refractivity contribution >= 4 is 35.6 Å². The maximum absolute atomic E-state index is 12.8. The predicted molar refractivity (Wildman–Crippen MR) is 189 cm³/mol. The quantitative estimate of drug-likeness (QED) is 0.0460. The van der Waals surface area contributed by atoms with E-state index in [0.717, 1.165) is 18.4 Å². The first-order valence-electron chi connectivity index (χ1n) is 17.2. The molecule has 0 saturated carbocycles. The summed E-state index contributed by atoms with van der Waals surface area (Å²) in [6, 6.07) is 13.0. The second-order valence-electron chi connectivity index (χ2n) is 13.0. The molecule has 250 valence electrons. The van der Waals surface area contributed by atoms with Crippen LogP contribution in [0.3, 0.4) is 0 Å². The Labute approximate surface area is 277 Å². The molecular formula is C40H55NO5. The molecule has 46 heavy (non-hydrogen) atoms. The SMILES string of the molecule is CCCCCCCCCCCCCCCCNC(=O)/C=C/c1ccc(C(=O)C(=O)c2ccc(/C=C/C(=O)OC(C)(C)C)cc2)cc1. The topological polar surface area (TPSA) is 89.5 Å². The van der Waals surface area contributed by atoms with E-state index in [9.17, 15) is 19.2 Å². The van der Waals surface area contributed by atoms with E-state index in [1.54, 1.807) is 81.5 Å². The number of unbranched alkanes of at least 4 members (excludes halogenated alkanes) is 13. The molecule has 0 bridgehead atoms. The summed E-state index contributed by atoms with van der Waals surface area (Å²) in [6.45, 7) is 8.31. The van der Waals surface area contributed by atoms with Crippen molar-refractivity contribution < 1.29 is 23.9 Å². The summed E-state index contributed by atoms with van der Waals surface area (Å²) in [5.74, 6) is -1.83. The number of hydrogen-bond donors (Lipinski definition) is 1. The fourth-order valence-corrected chi connectivity index (χ4v) is 5.02. The molecular weight excluding hydrogens is 574 g/mol. The van der Waals surface area contributed by atoms with Crippen molar-refractivity contribution in [2.24, 2.45) is 0 Å². The first-order chi connectivity index (χ1) is 22.1. The van der Waals surface area contributed by atoms with Crippen LogP contribution in [0.5, 0.6) is 0 Å². The largest absolute Gasteiger partial charge is 0.457 e. The average molecular weight is 630 g/mol. The molecule has 6 nitrogen and oxygen atoms in total. The third-order valence-corrected chi connectivity index (χ3v) is 7.63. The summed E-state index contributed by atoms with van der Waals surface area (Å²) in [5.41, 5.74) is 1.43. The number of ether oxygens (including phenoxy) is 1. The van der Waals surface area contributed by atoms with E-state index in [1.165, 1.54) is 89.2 Å². The highest BCUT2D eigenvalue weighted by Gasteiger charge is 2.18. The number of esters is 1. The second kappa shape index (κ2) is 21.9. The fraction of sp³-hybridized carbons (Fsp3) is 0.500. The van der Waals surface area contributed by atoms with Gasteiger partial charge in [0, 0.05) is 29.8 Å². The van der Waals surface area contributed by atoms with Crippen molar-refractivity contribution in [3.63, 3.8) is 0 Å². The van der Waals surface area contributed by atoms with E-state index in [2.05, 4.69) is 12.2 Å². The molecule has 6 heteroatoms. The van der Waals surface area contributed by atoms with E-state index >= 15 is 0 Å². The molecule has 0 aromatic heterocycles. The third kappa shape index (κ3) is 17.0. The van der Waals surface area contributed by atoms with Crippen LogP contribution < -0.4 is 5.32 Å². The molecule has 0 spiro atoms. The predicted octanol–water partition coefficient (Wildman–Crippen LogP) is 9.72. The summed E-state index contributed by atoms with van der Waals surface area (Å²) in [5, 5.41) is 2.93. The molecule has 0 unspecified atom stereocenters. The Morgan fingerprint density at radius 3 is 1.39 bits per heavy atom. The summed E-state index contributed by atoms with van der Waals surface area (Å²) in [4.78, 5) is 49.6. The lowest BCUT2D eigenvalue weighted by Crippen LogP contribution is -2.22. The second-order valence-corrected chi connectivity index (χ2v) is 13.0. The van der Waals surface area contributed by atoms with Gasteiger partial charge in [0.15, 0.2) is 0 Å². The molecule has 2 aromatic rings. The number of ketones is 2. The van der Waals surface area contributed by atoms with Gasteiger partial charge >= 0.3 is 5.97 Å². The molecule has 0 atom stereocenters. The first-order valence-corrected chi connectivity index (χ1v) is 17.2. The minimum absolute atomic E-state index is 0.144. The summed E-state index contributed by atoms with van der Waals surface area (Å²) < 4.78 is 5.24. The molecule has 2 aromatic carbocycles.